The number of rotatable bonds is 4. The van der Waals surface area contributed by atoms with Crippen LogP contribution in [-0.2, 0) is 4.79 Å². The van der Waals surface area contributed by atoms with E-state index in [2.05, 4.69) is 15.9 Å². The second kappa shape index (κ2) is 6.83. The summed E-state index contributed by atoms with van der Waals surface area (Å²) in [6, 6.07) is 14.6. The summed E-state index contributed by atoms with van der Waals surface area (Å²) >= 11 is 3.25. The predicted octanol–water partition coefficient (Wildman–Crippen LogP) is 3.94. The molecule has 0 unspecified atom stereocenters. The molecule has 0 aromatic heterocycles. The molecule has 2 aromatic rings. The summed E-state index contributed by atoms with van der Waals surface area (Å²) in [5.74, 6) is -0.532. The molecule has 0 aliphatic heterocycles. The highest BCUT2D eigenvalue weighted by Gasteiger charge is 2.25. The molecule has 2 aromatic carbocycles. The van der Waals surface area contributed by atoms with Crippen molar-refractivity contribution in [3.63, 3.8) is 0 Å². The number of hydrogen-bond donors (Lipinski definition) is 0. The van der Waals surface area contributed by atoms with Gasteiger partial charge in [0.25, 0.3) is 5.69 Å². The molecule has 0 aliphatic carbocycles. The van der Waals surface area contributed by atoms with Gasteiger partial charge in [-0.1, -0.05) is 34.1 Å². The minimum Gasteiger partial charge on any atom is -0.274 e. The van der Waals surface area contributed by atoms with Gasteiger partial charge in [0.15, 0.2) is 0 Å². The quantitative estimate of drug-likeness (QED) is 0.610. The average molecular weight is 360 g/mol. The van der Waals surface area contributed by atoms with Gasteiger partial charge in [0.2, 0.25) is 5.91 Å². The molecule has 0 fully saturated rings. The maximum Gasteiger partial charge on any atom is 0.293 e. The van der Waals surface area contributed by atoms with Crippen molar-refractivity contribution in [3.05, 3.63) is 63.1 Å². The fraction of sp³-hybridized carbons (Fsp3) is 0.0667. The third-order valence-electron chi connectivity index (χ3n) is 2.87. The van der Waals surface area contributed by atoms with Gasteiger partial charge in [-0.15, -0.1) is 0 Å². The molecule has 7 heteroatoms. The molecule has 0 atom stereocenters. The second-order valence-corrected chi connectivity index (χ2v) is 5.21. The van der Waals surface area contributed by atoms with Crippen LogP contribution in [0, 0.1) is 21.4 Å². The van der Waals surface area contributed by atoms with E-state index in [9.17, 15) is 14.9 Å². The Hall–Kier alpha value is -2.72. The van der Waals surface area contributed by atoms with Crippen LogP contribution >= 0.6 is 15.9 Å². The van der Waals surface area contributed by atoms with Crippen molar-refractivity contribution in [2.24, 2.45) is 0 Å². The van der Waals surface area contributed by atoms with Gasteiger partial charge in [-0.3, -0.25) is 19.8 Å². The Kier molecular flexibility index (Phi) is 4.86. The van der Waals surface area contributed by atoms with E-state index >= 15 is 0 Å². The van der Waals surface area contributed by atoms with E-state index in [4.69, 9.17) is 5.26 Å². The minimum atomic E-state index is -0.558. The Labute approximate surface area is 134 Å². The topological polar surface area (TPSA) is 87.2 Å². The van der Waals surface area contributed by atoms with Crippen LogP contribution in [0.25, 0.3) is 0 Å². The first-order valence-corrected chi connectivity index (χ1v) is 7.03. The number of amides is 1. The largest absolute Gasteiger partial charge is 0.293 e. The molecule has 0 N–H and O–H groups in total. The van der Waals surface area contributed by atoms with Crippen LogP contribution in [0.15, 0.2) is 53.0 Å². The predicted molar refractivity (Wildman–Crippen MR) is 84.6 cm³/mol. The van der Waals surface area contributed by atoms with Crippen molar-refractivity contribution in [2.75, 3.05) is 4.90 Å². The van der Waals surface area contributed by atoms with Crippen molar-refractivity contribution in [1.82, 2.24) is 0 Å². The van der Waals surface area contributed by atoms with Crippen LogP contribution in [0.1, 0.15) is 6.42 Å². The third kappa shape index (κ3) is 3.30. The Morgan fingerprint density at radius 2 is 1.95 bits per heavy atom. The monoisotopic (exact) mass is 359 g/mol. The second-order valence-electron chi connectivity index (χ2n) is 4.29. The minimum absolute atomic E-state index is 0.117. The highest BCUT2D eigenvalue weighted by molar-refractivity contribution is 9.10. The van der Waals surface area contributed by atoms with Crippen LogP contribution in [-0.4, -0.2) is 10.8 Å². The smallest absolute Gasteiger partial charge is 0.274 e. The Balaban J connectivity index is 2.65. The number of carbonyl (C=O) groups is 1. The van der Waals surface area contributed by atoms with Gasteiger partial charge in [0.1, 0.15) is 12.1 Å². The zero-order chi connectivity index (χ0) is 16.1. The number of nitro groups is 1. The van der Waals surface area contributed by atoms with Gasteiger partial charge < -0.3 is 0 Å². The van der Waals surface area contributed by atoms with E-state index in [0.29, 0.717) is 10.2 Å². The van der Waals surface area contributed by atoms with Gasteiger partial charge in [-0.25, -0.2) is 0 Å². The number of nitro benzene ring substituents is 1. The normalized spacial score (nSPS) is 9.82. The molecular formula is C15H10BrN3O3. The first kappa shape index (κ1) is 15.7. The number of hydrogen-bond acceptors (Lipinski definition) is 4. The molecule has 0 radical (unpaired) electrons. The molecular weight excluding hydrogens is 350 g/mol. The van der Waals surface area contributed by atoms with Crippen molar-refractivity contribution >= 4 is 38.9 Å². The summed E-state index contributed by atoms with van der Waals surface area (Å²) in [5, 5.41) is 20.0. The van der Waals surface area contributed by atoms with Gasteiger partial charge in [-0.05, 0) is 24.3 Å². The van der Waals surface area contributed by atoms with E-state index in [1.807, 2.05) is 0 Å². The zero-order valence-corrected chi connectivity index (χ0v) is 12.9. The van der Waals surface area contributed by atoms with Crippen LogP contribution in [0.4, 0.5) is 17.1 Å². The molecule has 0 bridgehead atoms. The van der Waals surface area contributed by atoms with Crippen LogP contribution < -0.4 is 4.90 Å². The molecule has 0 heterocycles. The Morgan fingerprint density at radius 1 is 1.27 bits per heavy atom. The number of nitriles is 1. The number of carbonyl (C=O) groups excluding carboxylic acids is 1. The molecule has 0 saturated carbocycles. The van der Waals surface area contributed by atoms with E-state index in [0.717, 1.165) is 0 Å². The first-order chi connectivity index (χ1) is 10.5. The maximum atomic E-state index is 12.3. The number of benzene rings is 2. The van der Waals surface area contributed by atoms with E-state index < -0.39 is 10.8 Å². The van der Waals surface area contributed by atoms with Crippen molar-refractivity contribution in [2.45, 2.75) is 6.42 Å². The van der Waals surface area contributed by atoms with Crippen LogP contribution in [0.3, 0.4) is 0 Å². The molecule has 0 spiro atoms. The van der Waals surface area contributed by atoms with Crippen LogP contribution in [0.2, 0.25) is 0 Å². The number of anilines is 2. The summed E-state index contributed by atoms with van der Waals surface area (Å²) in [5.41, 5.74) is 0.369. The van der Waals surface area contributed by atoms with Gasteiger partial charge in [0, 0.05) is 16.2 Å². The average Bonchev–Trinajstić information content (AvgIpc) is 2.48. The lowest BCUT2D eigenvalue weighted by atomic mass is 10.2. The summed E-state index contributed by atoms with van der Waals surface area (Å²) in [6.45, 7) is 0. The first-order valence-electron chi connectivity index (χ1n) is 6.23. The molecule has 22 heavy (non-hydrogen) atoms. The molecule has 1 amide bonds. The van der Waals surface area contributed by atoms with E-state index in [-0.39, 0.29) is 17.8 Å². The van der Waals surface area contributed by atoms with Crippen molar-refractivity contribution in [3.8, 4) is 6.07 Å². The lowest BCUT2D eigenvalue weighted by Gasteiger charge is -2.22. The molecule has 6 nitrogen and oxygen atoms in total. The lowest BCUT2D eigenvalue weighted by Crippen LogP contribution is -2.26. The summed E-state index contributed by atoms with van der Waals surface area (Å²) < 4.78 is 0.596. The van der Waals surface area contributed by atoms with E-state index in [1.54, 1.807) is 36.4 Å². The molecule has 0 saturated heterocycles. The summed E-state index contributed by atoms with van der Waals surface area (Å²) in [4.78, 5) is 24.2. The molecule has 2 rings (SSSR count). The fourth-order valence-electron chi connectivity index (χ4n) is 1.97. The van der Waals surface area contributed by atoms with Gasteiger partial charge >= 0.3 is 0 Å². The van der Waals surface area contributed by atoms with Crippen molar-refractivity contribution < 1.29 is 9.72 Å². The Bertz CT molecular complexity index is 756. The van der Waals surface area contributed by atoms with E-state index in [1.165, 1.54) is 23.1 Å². The third-order valence-corrected chi connectivity index (χ3v) is 3.36. The molecule has 0 aliphatic rings. The summed E-state index contributed by atoms with van der Waals surface area (Å²) in [6.07, 6.45) is -0.376. The van der Waals surface area contributed by atoms with Gasteiger partial charge in [0.05, 0.1) is 11.0 Å². The summed E-state index contributed by atoms with van der Waals surface area (Å²) in [7, 11) is 0. The lowest BCUT2D eigenvalue weighted by molar-refractivity contribution is -0.384. The highest BCUT2D eigenvalue weighted by atomic mass is 79.9. The maximum absolute atomic E-state index is 12.3. The number of para-hydroxylation sites is 1. The standard InChI is InChI=1S/C15H10BrN3O3/c16-11-6-7-13(19(21)22)14(10-11)18(15(20)8-9-17)12-4-2-1-3-5-12/h1-7,10H,8H2. The fourth-order valence-corrected chi connectivity index (χ4v) is 2.32. The molecule has 110 valence electrons. The van der Waals surface area contributed by atoms with Crippen molar-refractivity contribution in [1.29, 1.82) is 5.26 Å². The SMILES string of the molecule is N#CCC(=O)N(c1ccccc1)c1cc(Br)ccc1[N+](=O)[O-]. The number of halogens is 1. The zero-order valence-electron chi connectivity index (χ0n) is 11.3. The van der Waals surface area contributed by atoms with Crippen LogP contribution in [0.5, 0.6) is 0 Å². The van der Waals surface area contributed by atoms with Gasteiger partial charge in [-0.2, -0.15) is 5.26 Å². The number of nitrogens with zero attached hydrogens (tertiary/aromatic N) is 3. The highest BCUT2D eigenvalue weighted by Crippen LogP contribution is 2.36. The Morgan fingerprint density at radius 3 is 2.55 bits per heavy atom.